The smallest absolute Gasteiger partial charge is 0.142 e. The predicted molar refractivity (Wildman–Crippen MR) is 157 cm³/mol. The third kappa shape index (κ3) is 4.17. The highest BCUT2D eigenvalue weighted by Gasteiger charge is 2.42. The van der Waals surface area contributed by atoms with E-state index in [0.29, 0.717) is 0 Å². The van der Waals surface area contributed by atoms with Crippen molar-refractivity contribution in [2.45, 2.75) is 17.6 Å². The number of hydrogen-bond acceptors (Lipinski definition) is 2. The molecule has 6 aromatic rings. The van der Waals surface area contributed by atoms with Crippen molar-refractivity contribution in [3.05, 3.63) is 179 Å². The van der Waals surface area contributed by atoms with Crippen molar-refractivity contribution in [1.29, 1.82) is 0 Å². The maximum Gasteiger partial charge on any atom is 0.142 e. The van der Waals surface area contributed by atoms with Crippen molar-refractivity contribution >= 4 is 10.9 Å². The molecule has 0 unspecified atom stereocenters. The lowest BCUT2D eigenvalue weighted by Crippen LogP contribution is -2.35. The van der Waals surface area contributed by atoms with E-state index < -0.39 is 11.2 Å². The highest BCUT2D eigenvalue weighted by atomic mass is 16.3. The fourth-order valence-electron chi connectivity index (χ4n) is 5.91. The molecule has 0 fully saturated rings. The lowest BCUT2D eigenvalue weighted by molar-refractivity contribution is 0.0764. The number of benzene rings is 5. The largest absolute Gasteiger partial charge is 0.380 e. The van der Waals surface area contributed by atoms with Gasteiger partial charge in [-0.3, -0.25) is 0 Å². The van der Waals surface area contributed by atoms with E-state index in [-0.39, 0.29) is 6.42 Å². The molecule has 0 aliphatic carbocycles. The number of nitrogens with zero attached hydrogens (tertiary/aromatic N) is 1. The first-order valence-corrected chi connectivity index (χ1v) is 13.3. The van der Waals surface area contributed by atoms with E-state index in [4.69, 9.17) is 0 Å². The van der Waals surface area contributed by atoms with Crippen LogP contribution < -0.4 is 0 Å². The second-order valence-electron chi connectivity index (χ2n) is 10.1. The van der Waals surface area contributed by atoms with E-state index >= 15 is 0 Å². The maximum atomic E-state index is 13.0. The lowest BCUT2D eigenvalue weighted by atomic mass is 9.76. The summed E-state index contributed by atoms with van der Waals surface area (Å²) in [5.41, 5.74) is 3.01. The third-order valence-corrected chi connectivity index (χ3v) is 7.90. The summed E-state index contributed by atoms with van der Waals surface area (Å²) in [5, 5.41) is 26.5. The molecule has 0 spiro atoms. The van der Waals surface area contributed by atoms with Gasteiger partial charge in [0.15, 0.2) is 0 Å². The molecular weight excluding hydrogens is 478 g/mol. The van der Waals surface area contributed by atoms with Crippen LogP contribution in [0.2, 0.25) is 0 Å². The molecule has 3 nitrogen and oxygen atoms in total. The predicted octanol–water partition coefficient (Wildman–Crippen LogP) is 6.94. The standard InChI is InChI=1S/C36H31NO2/c1-37-32-25-15-14-24-31(32)34(36(39,29-20-10-4-11-21-29)30-22-12-5-13-23-30)33(37)26-35(38,27-16-6-2-7-17-27)28-18-8-3-9-19-28/h2-25,38-39H,26H2,1H3. The maximum absolute atomic E-state index is 13.0. The average molecular weight is 510 g/mol. The SMILES string of the molecule is Cn1c(CC(O)(c2ccccc2)c2ccccc2)c(C(O)(c2ccccc2)c2ccccc2)c2ccccc21. The Morgan fingerprint density at radius 2 is 0.897 bits per heavy atom. The van der Waals surface area contributed by atoms with Crippen molar-refractivity contribution in [2.24, 2.45) is 7.05 Å². The van der Waals surface area contributed by atoms with Crippen molar-refractivity contribution in [1.82, 2.24) is 4.57 Å². The molecule has 192 valence electrons. The zero-order valence-electron chi connectivity index (χ0n) is 21.9. The molecule has 0 radical (unpaired) electrons. The second-order valence-corrected chi connectivity index (χ2v) is 10.1. The van der Waals surface area contributed by atoms with E-state index in [1.54, 1.807) is 0 Å². The Morgan fingerprint density at radius 3 is 1.36 bits per heavy atom. The summed E-state index contributed by atoms with van der Waals surface area (Å²) in [5.74, 6) is 0. The number of hydrogen-bond donors (Lipinski definition) is 2. The summed E-state index contributed by atoms with van der Waals surface area (Å²) in [6, 6.07) is 47.4. The monoisotopic (exact) mass is 509 g/mol. The fraction of sp³-hybridized carbons (Fsp3) is 0.111. The summed E-state index contributed by atoms with van der Waals surface area (Å²) in [6.07, 6.45) is 0.267. The van der Waals surface area contributed by atoms with Gasteiger partial charge in [-0.05, 0) is 28.3 Å². The molecule has 2 N–H and O–H groups in total. The fourth-order valence-corrected chi connectivity index (χ4v) is 5.91. The molecule has 0 saturated heterocycles. The summed E-state index contributed by atoms with van der Waals surface area (Å²) < 4.78 is 2.12. The van der Waals surface area contributed by atoms with Crippen LogP contribution >= 0.6 is 0 Å². The minimum atomic E-state index is -1.45. The van der Waals surface area contributed by atoms with E-state index in [1.165, 1.54) is 0 Å². The molecule has 0 aliphatic heterocycles. The van der Waals surface area contributed by atoms with Crippen molar-refractivity contribution in [3.63, 3.8) is 0 Å². The molecule has 0 amide bonds. The number of rotatable bonds is 7. The molecule has 1 heterocycles. The molecule has 3 heteroatoms. The van der Waals surface area contributed by atoms with Gasteiger partial charge in [0.05, 0.1) is 0 Å². The number of aromatic nitrogens is 1. The minimum Gasteiger partial charge on any atom is -0.380 e. The second kappa shape index (κ2) is 10.0. The van der Waals surface area contributed by atoms with Crippen LogP contribution in [-0.4, -0.2) is 14.8 Å². The van der Waals surface area contributed by atoms with Gasteiger partial charge in [-0.2, -0.15) is 0 Å². The Labute approximate surface area is 229 Å². The van der Waals surface area contributed by atoms with Crippen LogP contribution in [0, 0.1) is 0 Å². The molecule has 0 saturated carbocycles. The quantitative estimate of drug-likeness (QED) is 0.245. The van der Waals surface area contributed by atoms with E-state index in [9.17, 15) is 10.2 Å². The summed E-state index contributed by atoms with van der Waals surface area (Å²) >= 11 is 0. The third-order valence-electron chi connectivity index (χ3n) is 7.90. The zero-order valence-corrected chi connectivity index (χ0v) is 21.9. The van der Waals surface area contributed by atoms with Crippen LogP contribution in [-0.2, 0) is 24.7 Å². The van der Waals surface area contributed by atoms with Crippen molar-refractivity contribution in [2.75, 3.05) is 0 Å². The van der Waals surface area contributed by atoms with Crippen LogP contribution in [0.3, 0.4) is 0 Å². The van der Waals surface area contributed by atoms with Crippen LogP contribution in [0.15, 0.2) is 146 Å². The van der Waals surface area contributed by atoms with E-state index in [2.05, 4.69) is 16.7 Å². The first kappa shape index (κ1) is 24.9. The number of aryl methyl sites for hydroxylation is 1. The molecular formula is C36H31NO2. The van der Waals surface area contributed by atoms with Crippen LogP contribution in [0.5, 0.6) is 0 Å². The average Bonchev–Trinajstić information content (AvgIpc) is 3.29. The molecule has 0 aliphatic rings. The van der Waals surface area contributed by atoms with Gasteiger partial charge in [-0.15, -0.1) is 0 Å². The van der Waals surface area contributed by atoms with Crippen LogP contribution in [0.25, 0.3) is 10.9 Å². The molecule has 5 aromatic carbocycles. The number of fused-ring (bicyclic) bond motifs is 1. The van der Waals surface area contributed by atoms with Crippen LogP contribution in [0.1, 0.15) is 33.5 Å². The van der Waals surface area contributed by atoms with Gasteiger partial charge >= 0.3 is 0 Å². The Bertz CT molecular complexity index is 1610. The highest BCUT2D eigenvalue weighted by Crippen LogP contribution is 2.45. The van der Waals surface area contributed by atoms with E-state index in [1.807, 2.05) is 141 Å². The van der Waals surface area contributed by atoms with Gasteiger partial charge in [-0.25, -0.2) is 0 Å². The number of para-hydroxylation sites is 1. The van der Waals surface area contributed by atoms with Crippen LogP contribution in [0.4, 0.5) is 0 Å². The lowest BCUT2D eigenvalue weighted by Gasteiger charge is -2.34. The first-order chi connectivity index (χ1) is 19.0. The number of aliphatic hydroxyl groups is 2. The zero-order chi connectivity index (χ0) is 26.9. The van der Waals surface area contributed by atoms with Gasteiger partial charge in [-0.1, -0.05) is 140 Å². The van der Waals surface area contributed by atoms with Gasteiger partial charge in [0.25, 0.3) is 0 Å². The van der Waals surface area contributed by atoms with Gasteiger partial charge < -0.3 is 14.8 Å². The van der Waals surface area contributed by atoms with Gasteiger partial charge in [0, 0.05) is 35.6 Å². The van der Waals surface area contributed by atoms with Crippen molar-refractivity contribution in [3.8, 4) is 0 Å². The summed E-state index contributed by atoms with van der Waals surface area (Å²) in [7, 11) is 2.02. The minimum absolute atomic E-state index is 0.267. The van der Waals surface area contributed by atoms with Gasteiger partial charge in [0.1, 0.15) is 11.2 Å². The normalized spacial score (nSPS) is 12.1. The summed E-state index contributed by atoms with van der Waals surface area (Å²) in [6.45, 7) is 0. The van der Waals surface area contributed by atoms with E-state index in [0.717, 1.165) is 44.4 Å². The molecule has 6 rings (SSSR count). The topological polar surface area (TPSA) is 45.4 Å². The first-order valence-electron chi connectivity index (χ1n) is 13.3. The Kier molecular flexibility index (Phi) is 6.40. The van der Waals surface area contributed by atoms with Crippen molar-refractivity contribution < 1.29 is 10.2 Å². The highest BCUT2D eigenvalue weighted by molar-refractivity contribution is 5.88. The summed E-state index contributed by atoms with van der Waals surface area (Å²) in [4.78, 5) is 0. The molecule has 0 atom stereocenters. The molecule has 1 aromatic heterocycles. The van der Waals surface area contributed by atoms with Gasteiger partial charge in [0.2, 0.25) is 0 Å². The molecule has 39 heavy (non-hydrogen) atoms. The Hall–Kier alpha value is -4.44. The molecule has 0 bridgehead atoms. The Morgan fingerprint density at radius 1 is 0.513 bits per heavy atom. The Balaban J connectivity index is 1.68.